The van der Waals surface area contributed by atoms with Gasteiger partial charge in [-0.15, -0.1) is 0 Å². The van der Waals surface area contributed by atoms with Gasteiger partial charge in [-0.3, -0.25) is 0 Å². The summed E-state index contributed by atoms with van der Waals surface area (Å²) in [6.45, 7) is 0.731. The van der Waals surface area contributed by atoms with Crippen LogP contribution in [0.1, 0.15) is 44.9 Å². The minimum atomic E-state index is -1.60. The number of aliphatic carboxylic acids is 1. The molecule has 4 saturated carbocycles. The minimum Gasteiger partial charge on any atom is -0.473 e. The Hall–Kier alpha value is -1.85. The van der Waals surface area contributed by atoms with E-state index >= 15 is 0 Å². The van der Waals surface area contributed by atoms with Crippen molar-refractivity contribution in [1.29, 1.82) is 0 Å². The Labute approximate surface area is 134 Å². The normalized spacial score (nSPS) is 34.5. The first-order chi connectivity index (χ1) is 11.0. The summed E-state index contributed by atoms with van der Waals surface area (Å²) in [5.74, 6) is -0.150. The molecule has 4 bridgehead atoms. The zero-order valence-corrected chi connectivity index (χ0v) is 13.1. The Kier molecular flexibility index (Phi) is 3.43. The van der Waals surface area contributed by atoms with Gasteiger partial charge in [-0.1, -0.05) is 0 Å². The molecule has 6 heteroatoms. The largest absolute Gasteiger partial charge is 0.473 e. The quantitative estimate of drug-likeness (QED) is 0.681. The lowest BCUT2D eigenvalue weighted by Gasteiger charge is -2.57. The van der Waals surface area contributed by atoms with E-state index in [9.17, 15) is 9.59 Å². The number of hydrogen-bond donors (Lipinski definition) is 1. The summed E-state index contributed by atoms with van der Waals surface area (Å²) in [6.07, 6.45) is 12.6. The number of carboxylic acids is 1. The number of imidazole rings is 1. The van der Waals surface area contributed by atoms with Gasteiger partial charge in [0.2, 0.25) is 0 Å². The number of nitrogens with zero attached hydrogens (tertiary/aromatic N) is 2. The van der Waals surface area contributed by atoms with E-state index in [1.54, 1.807) is 17.0 Å². The van der Waals surface area contributed by atoms with Crippen molar-refractivity contribution in [3.63, 3.8) is 0 Å². The molecule has 0 aliphatic heterocycles. The molecule has 0 saturated heterocycles. The molecule has 1 aromatic rings. The SMILES string of the molecule is O=C(O)C(=O)Oc1nccn1CCC12CC3CC(CC(C3)C1)C2. The molecule has 4 fully saturated rings. The molecule has 0 radical (unpaired) electrons. The molecule has 0 unspecified atom stereocenters. The van der Waals surface area contributed by atoms with Crippen molar-refractivity contribution in [3.8, 4) is 6.01 Å². The van der Waals surface area contributed by atoms with Crippen LogP contribution in [0.3, 0.4) is 0 Å². The maximum atomic E-state index is 11.2. The maximum absolute atomic E-state index is 11.2. The van der Waals surface area contributed by atoms with Crippen LogP contribution in [-0.4, -0.2) is 26.6 Å². The standard InChI is InChI=1S/C17H22N2O4/c20-14(21)15(22)23-16-18-2-4-19(16)3-1-17-8-11-5-12(9-17)7-13(6-11)10-17/h2,4,11-13H,1,3,5-10H2,(H,20,21). The monoisotopic (exact) mass is 318 g/mol. The van der Waals surface area contributed by atoms with Crippen LogP contribution in [0, 0.1) is 23.2 Å². The van der Waals surface area contributed by atoms with Crippen LogP contribution >= 0.6 is 0 Å². The van der Waals surface area contributed by atoms with Gasteiger partial charge in [-0.05, 0) is 68.1 Å². The fourth-order valence-corrected chi connectivity index (χ4v) is 5.65. The molecule has 6 nitrogen and oxygen atoms in total. The van der Waals surface area contributed by atoms with Crippen molar-refractivity contribution in [1.82, 2.24) is 9.55 Å². The van der Waals surface area contributed by atoms with Crippen LogP contribution in [0.25, 0.3) is 0 Å². The molecule has 4 aliphatic carbocycles. The third-order valence-electron chi connectivity index (χ3n) is 6.08. The van der Waals surface area contributed by atoms with Crippen LogP contribution < -0.4 is 4.74 Å². The van der Waals surface area contributed by atoms with E-state index in [1.807, 2.05) is 0 Å². The van der Waals surface area contributed by atoms with Crippen molar-refractivity contribution in [2.24, 2.45) is 23.2 Å². The first-order valence-corrected chi connectivity index (χ1v) is 8.49. The van der Waals surface area contributed by atoms with Gasteiger partial charge in [-0.25, -0.2) is 14.6 Å². The number of aryl methyl sites for hydroxylation is 1. The first kappa shape index (κ1) is 14.7. The molecule has 0 aromatic carbocycles. The molecule has 1 aromatic heterocycles. The number of aromatic nitrogens is 2. The average molecular weight is 318 g/mol. The highest BCUT2D eigenvalue weighted by Crippen LogP contribution is 2.61. The Morgan fingerprint density at radius 1 is 1.22 bits per heavy atom. The molecule has 4 aliphatic rings. The van der Waals surface area contributed by atoms with E-state index in [2.05, 4.69) is 4.98 Å². The fourth-order valence-electron chi connectivity index (χ4n) is 5.65. The zero-order chi connectivity index (χ0) is 16.0. The van der Waals surface area contributed by atoms with Gasteiger partial charge in [0.05, 0.1) is 0 Å². The Balaban J connectivity index is 1.43. The van der Waals surface area contributed by atoms with Gasteiger partial charge in [0.1, 0.15) is 0 Å². The van der Waals surface area contributed by atoms with Crippen molar-refractivity contribution in [2.45, 2.75) is 51.5 Å². The molecule has 1 N–H and O–H groups in total. The van der Waals surface area contributed by atoms with Crippen LogP contribution in [0.2, 0.25) is 0 Å². The van der Waals surface area contributed by atoms with E-state index in [1.165, 1.54) is 38.5 Å². The van der Waals surface area contributed by atoms with Gasteiger partial charge in [0.25, 0.3) is 0 Å². The first-order valence-electron chi connectivity index (χ1n) is 8.49. The van der Waals surface area contributed by atoms with Crippen LogP contribution in [0.15, 0.2) is 12.4 Å². The second-order valence-electron chi connectivity index (χ2n) is 7.77. The van der Waals surface area contributed by atoms with E-state index in [4.69, 9.17) is 9.84 Å². The summed E-state index contributed by atoms with van der Waals surface area (Å²) in [5, 5.41) is 8.64. The number of ether oxygens (including phenoxy) is 1. The topological polar surface area (TPSA) is 81.4 Å². The zero-order valence-electron chi connectivity index (χ0n) is 13.1. The number of hydrogen-bond acceptors (Lipinski definition) is 4. The van der Waals surface area contributed by atoms with E-state index < -0.39 is 11.9 Å². The highest BCUT2D eigenvalue weighted by atomic mass is 16.6. The summed E-state index contributed by atoms with van der Waals surface area (Å²) < 4.78 is 6.60. The predicted octanol–water partition coefficient (Wildman–Crippen LogP) is 2.48. The molecule has 23 heavy (non-hydrogen) atoms. The fraction of sp³-hybridized carbons (Fsp3) is 0.706. The van der Waals surface area contributed by atoms with E-state index in [0.717, 1.165) is 30.7 Å². The second kappa shape index (κ2) is 5.35. The summed E-state index contributed by atoms with van der Waals surface area (Å²) >= 11 is 0. The predicted molar refractivity (Wildman–Crippen MR) is 80.7 cm³/mol. The second-order valence-corrected chi connectivity index (χ2v) is 7.77. The molecule has 0 spiro atoms. The van der Waals surface area contributed by atoms with E-state index in [0.29, 0.717) is 5.41 Å². The Morgan fingerprint density at radius 3 is 2.39 bits per heavy atom. The number of carbonyl (C=O) groups is 2. The third-order valence-corrected chi connectivity index (χ3v) is 6.08. The molecular weight excluding hydrogens is 296 g/mol. The van der Waals surface area contributed by atoms with Crippen LogP contribution in [0.5, 0.6) is 6.01 Å². The summed E-state index contributed by atoms with van der Waals surface area (Å²) in [5.41, 5.74) is 0.438. The molecule has 0 atom stereocenters. The van der Waals surface area contributed by atoms with Crippen molar-refractivity contribution >= 4 is 11.9 Å². The molecule has 0 amide bonds. The lowest BCUT2D eigenvalue weighted by atomic mass is 9.49. The molecule has 124 valence electrons. The maximum Gasteiger partial charge on any atom is 0.425 e. The van der Waals surface area contributed by atoms with Gasteiger partial charge >= 0.3 is 17.9 Å². The van der Waals surface area contributed by atoms with Crippen LogP contribution in [0.4, 0.5) is 0 Å². The molecule has 5 rings (SSSR count). The minimum absolute atomic E-state index is 0.0853. The van der Waals surface area contributed by atoms with Gasteiger partial charge < -0.3 is 14.4 Å². The van der Waals surface area contributed by atoms with Crippen molar-refractivity contribution in [2.75, 3.05) is 0 Å². The van der Waals surface area contributed by atoms with Crippen LogP contribution in [-0.2, 0) is 16.1 Å². The Bertz CT molecular complexity index is 601. The smallest absolute Gasteiger partial charge is 0.425 e. The average Bonchev–Trinajstić information content (AvgIpc) is 2.91. The van der Waals surface area contributed by atoms with Gasteiger partial charge in [0, 0.05) is 18.9 Å². The third kappa shape index (κ3) is 2.75. The van der Waals surface area contributed by atoms with Crippen molar-refractivity contribution in [3.05, 3.63) is 12.4 Å². The number of esters is 1. The van der Waals surface area contributed by atoms with Gasteiger partial charge in [0.15, 0.2) is 0 Å². The number of carbonyl (C=O) groups excluding carboxylic acids is 1. The molecule has 1 heterocycles. The van der Waals surface area contributed by atoms with E-state index in [-0.39, 0.29) is 6.01 Å². The summed E-state index contributed by atoms with van der Waals surface area (Å²) in [4.78, 5) is 25.8. The highest BCUT2D eigenvalue weighted by molar-refractivity contribution is 6.29. The lowest BCUT2D eigenvalue weighted by Crippen LogP contribution is -2.46. The number of rotatable bonds is 4. The summed E-state index contributed by atoms with van der Waals surface area (Å²) in [6, 6.07) is 0.0853. The lowest BCUT2D eigenvalue weighted by molar-refractivity contribution is -0.158. The summed E-state index contributed by atoms with van der Waals surface area (Å²) in [7, 11) is 0. The van der Waals surface area contributed by atoms with Gasteiger partial charge in [-0.2, -0.15) is 0 Å². The molecular formula is C17H22N2O4. The Morgan fingerprint density at radius 2 is 1.83 bits per heavy atom. The highest BCUT2D eigenvalue weighted by Gasteiger charge is 2.50. The number of carboxylic acid groups (broad SMARTS) is 1. The van der Waals surface area contributed by atoms with Crippen molar-refractivity contribution < 1.29 is 19.4 Å².